The van der Waals surface area contributed by atoms with Crippen LogP contribution in [-0.4, -0.2) is 34.2 Å². The van der Waals surface area contributed by atoms with Crippen molar-refractivity contribution in [1.29, 1.82) is 0 Å². The van der Waals surface area contributed by atoms with E-state index in [0.29, 0.717) is 5.17 Å². The molecular formula is C23H27N3O2S. The molecule has 29 heavy (non-hydrogen) atoms. The predicted octanol–water partition coefficient (Wildman–Crippen LogP) is 4.82. The van der Waals surface area contributed by atoms with Crippen molar-refractivity contribution in [2.45, 2.75) is 46.3 Å². The van der Waals surface area contributed by atoms with E-state index in [1.165, 1.54) is 17.3 Å². The number of anilines is 1. The van der Waals surface area contributed by atoms with Crippen molar-refractivity contribution in [1.82, 2.24) is 4.90 Å². The van der Waals surface area contributed by atoms with E-state index in [4.69, 9.17) is 0 Å². The van der Waals surface area contributed by atoms with Gasteiger partial charge in [0.2, 0.25) is 11.8 Å². The summed E-state index contributed by atoms with van der Waals surface area (Å²) in [5, 5.41) is 3.15. The molecule has 0 unspecified atom stereocenters. The average Bonchev–Trinajstić information content (AvgIpc) is 2.89. The van der Waals surface area contributed by atoms with Gasteiger partial charge in [0.1, 0.15) is 5.25 Å². The fourth-order valence-electron chi connectivity index (χ4n) is 3.44. The number of amides is 2. The first-order chi connectivity index (χ1) is 13.7. The monoisotopic (exact) mass is 409 g/mol. The maximum absolute atomic E-state index is 12.6. The lowest BCUT2D eigenvalue weighted by molar-refractivity contribution is -0.127. The molecule has 0 spiro atoms. The van der Waals surface area contributed by atoms with Crippen LogP contribution in [0.15, 0.2) is 35.3 Å². The Bertz CT molecular complexity index is 990. The zero-order chi connectivity index (χ0) is 21.3. The third kappa shape index (κ3) is 4.70. The summed E-state index contributed by atoms with van der Waals surface area (Å²) >= 11 is 1.35. The van der Waals surface area contributed by atoms with Gasteiger partial charge < -0.3 is 5.32 Å². The summed E-state index contributed by atoms with van der Waals surface area (Å²) in [5.74, 6) is -0.253. The highest BCUT2D eigenvalue weighted by molar-refractivity contribution is 8.15. The van der Waals surface area contributed by atoms with Gasteiger partial charge in [0.05, 0.1) is 5.69 Å². The third-order valence-electron chi connectivity index (χ3n) is 5.17. The van der Waals surface area contributed by atoms with E-state index in [1.807, 2.05) is 58.0 Å². The first-order valence-corrected chi connectivity index (χ1v) is 10.5. The lowest BCUT2D eigenvalue weighted by Crippen LogP contribution is -2.30. The molecule has 0 aliphatic carbocycles. The van der Waals surface area contributed by atoms with Crippen LogP contribution in [0.1, 0.15) is 34.2 Å². The Morgan fingerprint density at radius 2 is 1.69 bits per heavy atom. The molecule has 2 amide bonds. The molecule has 1 atom stereocenters. The number of aryl methyl sites for hydroxylation is 5. The zero-order valence-electron chi connectivity index (χ0n) is 17.8. The Labute approximate surface area is 176 Å². The minimum Gasteiger partial charge on any atom is -0.326 e. The van der Waals surface area contributed by atoms with Crippen molar-refractivity contribution in [2.75, 3.05) is 12.4 Å². The largest absolute Gasteiger partial charge is 0.326 e. The summed E-state index contributed by atoms with van der Waals surface area (Å²) in [7, 11) is 1.71. The highest BCUT2D eigenvalue weighted by Crippen LogP contribution is 2.31. The lowest BCUT2D eigenvalue weighted by Gasteiger charge is -2.14. The molecule has 0 radical (unpaired) electrons. The second kappa shape index (κ2) is 8.41. The van der Waals surface area contributed by atoms with E-state index in [1.54, 1.807) is 11.9 Å². The molecular weight excluding hydrogens is 382 g/mol. The van der Waals surface area contributed by atoms with Crippen LogP contribution in [0.3, 0.4) is 0 Å². The van der Waals surface area contributed by atoms with Crippen LogP contribution in [0, 0.1) is 34.6 Å². The van der Waals surface area contributed by atoms with E-state index in [9.17, 15) is 9.59 Å². The van der Waals surface area contributed by atoms with E-state index in [-0.39, 0.29) is 18.2 Å². The number of aliphatic imine (C=N–C) groups is 1. The molecule has 1 saturated heterocycles. The molecule has 5 nitrogen and oxygen atoms in total. The van der Waals surface area contributed by atoms with Crippen LogP contribution < -0.4 is 5.32 Å². The molecule has 0 bridgehead atoms. The summed E-state index contributed by atoms with van der Waals surface area (Å²) in [6.07, 6.45) is 0.118. The van der Waals surface area contributed by atoms with Gasteiger partial charge in [-0.1, -0.05) is 35.5 Å². The molecule has 0 aromatic heterocycles. The number of carbonyl (C=O) groups excluding carboxylic acids is 2. The fraction of sp³-hybridized carbons (Fsp3) is 0.348. The molecule has 2 aromatic rings. The molecule has 1 fully saturated rings. The topological polar surface area (TPSA) is 61.8 Å². The van der Waals surface area contributed by atoms with Gasteiger partial charge in [-0.2, -0.15) is 0 Å². The number of nitrogens with zero attached hydrogens (tertiary/aromatic N) is 2. The number of hydrogen-bond acceptors (Lipinski definition) is 4. The second-order valence-corrected chi connectivity index (χ2v) is 8.86. The molecule has 152 valence electrons. The fourth-order valence-corrected chi connectivity index (χ4v) is 4.59. The van der Waals surface area contributed by atoms with Crippen LogP contribution in [0.5, 0.6) is 0 Å². The Balaban J connectivity index is 1.72. The van der Waals surface area contributed by atoms with Crippen molar-refractivity contribution >= 4 is 40.1 Å². The van der Waals surface area contributed by atoms with E-state index < -0.39 is 5.25 Å². The van der Waals surface area contributed by atoms with Crippen LogP contribution in [-0.2, 0) is 9.59 Å². The lowest BCUT2D eigenvalue weighted by atomic mass is 10.0. The number of nitrogens with one attached hydrogen (secondary N) is 1. The minimum atomic E-state index is -0.462. The zero-order valence-corrected chi connectivity index (χ0v) is 18.6. The smallest absolute Gasteiger partial charge is 0.242 e. The van der Waals surface area contributed by atoms with Gasteiger partial charge in [0, 0.05) is 19.2 Å². The number of rotatable bonds is 4. The predicted molar refractivity (Wildman–Crippen MR) is 121 cm³/mol. The quantitative estimate of drug-likeness (QED) is 0.788. The highest BCUT2D eigenvalue weighted by atomic mass is 32.2. The van der Waals surface area contributed by atoms with Gasteiger partial charge in [-0.15, -0.1) is 0 Å². The van der Waals surface area contributed by atoms with Crippen molar-refractivity contribution in [3.05, 3.63) is 58.1 Å². The molecule has 1 N–H and O–H groups in total. The standard InChI is InChI=1S/C23H27N3O2S/c1-13-9-16(4)21(17(5)10-13)25-20(27)12-19-22(28)26(6)23(29-19)24-18-8-7-14(2)15(3)11-18/h7-11,19H,12H2,1-6H3,(H,25,27)/t19-/m1/s1. The summed E-state index contributed by atoms with van der Waals surface area (Å²) < 4.78 is 0. The van der Waals surface area contributed by atoms with Crippen LogP contribution >= 0.6 is 11.8 Å². The summed E-state index contributed by atoms with van der Waals surface area (Å²) in [4.78, 5) is 31.4. The number of amidine groups is 1. The van der Waals surface area contributed by atoms with E-state index in [0.717, 1.165) is 33.6 Å². The summed E-state index contributed by atoms with van der Waals surface area (Å²) in [6.45, 7) is 10.1. The van der Waals surface area contributed by atoms with Crippen molar-refractivity contribution < 1.29 is 9.59 Å². The number of thioether (sulfide) groups is 1. The normalized spacial score (nSPS) is 17.9. The van der Waals surface area contributed by atoms with Crippen LogP contribution in [0.4, 0.5) is 11.4 Å². The SMILES string of the molecule is Cc1cc(C)c(NC(=O)C[C@H]2SC(=Nc3ccc(C)c(C)c3)N(C)C2=O)c(C)c1. The highest BCUT2D eigenvalue weighted by Gasteiger charge is 2.37. The van der Waals surface area contributed by atoms with Gasteiger partial charge >= 0.3 is 0 Å². The Morgan fingerprint density at radius 1 is 1.03 bits per heavy atom. The first-order valence-electron chi connectivity index (χ1n) is 9.63. The Morgan fingerprint density at radius 3 is 2.31 bits per heavy atom. The van der Waals surface area contributed by atoms with Gasteiger partial charge in [-0.05, 0) is 69.0 Å². The van der Waals surface area contributed by atoms with E-state index >= 15 is 0 Å². The van der Waals surface area contributed by atoms with Crippen molar-refractivity contribution in [2.24, 2.45) is 4.99 Å². The second-order valence-electron chi connectivity index (χ2n) is 7.69. The summed E-state index contributed by atoms with van der Waals surface area (Å²) in [6, 6.07) is 10.1. The van der Waals surface area contributed by atoms with Crippen molar-refractivity contribution in [3.63, 3.8) is 0 Å². The first kappa shape index (κ1) is 21.1. The molecule has 1 aliphatic heterocycles. The maximum Gasteiger partial charge on any atom is 0.242 e. The number of carbonyl (C=O) groups is 2. The molecule has 1 aliphatic rings. The summed E-state index contributed by atoms with van der Waals surface area (Å²) in [5.41, 5.74) is 7.20. The van der Waals surface area contributed by atoms with Crippen LogP contribution in [0.25, 0.3) is 0 Å². The molecule has 2 aromatic carbocycles. The van der Waals surface area contributed by atoms with E-state index in [2.05, 4.69) is 17.2 Å². The number of hydrogen-bond donors (Lipinski definition) is 1. The molecule has 0 saturated carbocycles. The van der Waals surface area contributed by atoms with Gasteiger partial charge in [0.25, 0.3) is 0 Å². The van der Waals surface area contributed by atoms with Crippen molar-refractivity contribution in [3.8, 4) is 0 Å². The van der Waals surface area contributed by atoms with Gasteiger partial charge in [-0.25, -0.2) is 4.99 Å². The molecule has 3 rings (SSSR count). The Hall–Kier alpha value is -2.60. The minimum absolute atomic E-state index is 0.0925. The Kier molecular flexibility index (Phi) is 6.13. The van der Waals surface area contributed by atoms with Gasteiger partial charge in [-0.3, -0.25) is 14.5 Å². The molecule has 6 heteroatoms. The maximum atomic E-state index is 12.6. The molecule has 1 heterocycles. The number of benzene rings is 2. The third-order valence-corrected chi connectivity index (χ3v) is 6.40. The van der Waals surface area contributed by atoms with Gasteiger partial charge in [0.15, 0.2) is 5.17 Å². The van der Waals surface area contributed by atoms with Crippen LogP contribution in [0.2, 0.25) is 0 Å². The average molecular weight is 410 g/mol.